The van der Waals surface area contributed by atoms with Crippen molar-refractivity contribution in [2.45, 2.75) is 0 Å². The molecule has 1 aromatic carbocycles. The van der Waals surface area contributed by atoms with Gasteiger partial charge in [0.05, 0.1) is 27.8 Å². The van der Waals surface area contributed by atoms with Crippen LogP contribution in [0.4, 0.5) is 5.82 Å². The number of halogens is 2. The Morgan fingerprint density at radius 2 is 2.00 bits per heavy atom. The fraction of sp³-hybridized carbons (Fsp3) is 0.118. The van der Waals surface area contributed by atoms with Crippen LogP contribution in [-0.4, -0.2) is 52.6 Å². The number of aliphatic imine (C=N–C) groups is 1. The minimum absolute atomic E-state index is 0.0180. The normalized spacial score (nSPS) is 13.8. The molecule has 0 aliphatic carbocycles. The molecule has 0 spiro atoms. The molecule has 0 radical (unpaired) electrons. The van der Waals surface area contributed by atoms with Crippen LogP contribution in [0.2, 0.25) is 5.02 Å². The fourth-order valence-electron chi connectivity index (χ4n) is 2.29. The van der Waals surface area contributed by atoms with Crippen LogP contribution in [0.25, 0.3) is 0 Å². The summed E-state index contributed by atoms with van der Waals surface area (Å²) in [5, 5.41) is 11.8. The van der Waals surface area contributed by atoms with Crippen LogP contribution in [0, 0.1) is 0 Å². The lowest BCUT2D eigenvalue weighted by atomic mass is 10.2. The Labute approximate surface area is 173 Å². The highest BCUT2D eigenvalue weighted by molar-refractivity contribution is 9.10. The van der Waals surface area contributed by atoms with Gasteiger partial charge in [0.2, 0.25) is 0 Å². The summed E-state index contributed by atoms with van der Waals surface area (Å²) >= 11 is 9.24. The lowest BCUT2D eigenvalue weighted by molar-refractivity contribution is -0.125. The van der Waals surface area contributed by atoms with E-state index in [1.807, 2.05) is 0 Å². The van der Waals surface area contributed by atoms with Crippen molar-refractivity contribution < 1.29 is 14.4 Å². The van der Waals surface area contributed by atoms with Crippen LogP contribution in [0.5, 0.6) is 0 Å². The van der Waals surface area contributed by atoms with Crippen LogP contribution in [0.3, 0.4) is 0 Å². The molecule has 0 unspecified atom stereocenters. The second-order valence-corrected chi connectivity index (χ2v) is 6.91. The lowest BCUT2D eigenvalue weighted by Gasteiger charge is -2.14. The van der Waals surface area contributed by atoms with Gasteiger partial charge in [-0.3, -0.25) is 24.5 Å². The molecule has 1 aliphatic heterocycles. The Morgan fingerprint density at radius 1 is 1.25 bits per heavy atom. The number of nitrogens with one attached hydrogen (secondary N) is 3. The Bertz CT molecular complexity index is 1020. The topological polar surface area (TPSA) is 120 Å². The van der Waals surface area contributed by atoms with Gasteiger partial charge in [0, 0.05) is 13.3 Å². The van der Waals surface area contributed by atoms with Crippen molar-refractivity contribution in [1.82, 2.24) is 20.4 Å². The number of carbonyl (C=O) groups excluding carboxylic acids is 3. The van der Waals surface area contributed by atoms with Gasteiger partial charge in [-0.05, 0) is 28.1 Å². The molecule has 1 aromatic heterocycles. The van der Waals surface area contributed by atoms with E-state index in [9.17, 15) is 14.4 Å². The van der Waals surface area contributed by atoms with Crippen LogP contribution < -0.4 is 10.6 Å². The first-order valence-corrected chi connectivity index (χ1v) is 9.14. The Hall–Kier alpha value is -2.98. The number of hydrogen-bond donors (Lipinski definition) is 3. The standard InChI is InChI=1S/C17H14BrClN6O3/c1-25-7-6-20-8-11(17(25)28)21-16(27)13-12(18)14(24-23-13)22-15(26)9-4-2-3-5-10(9)19/h2-6,8H,7H2,1H3,(H,21,27)(H2,22,23,24,26). The van der Waals surface area contributed by atoms with Crippen molar-refractivity contribution >= 4 is 57.3 Å². The monoisotopic (exact) mass is 464 g/mol. The number of H-pyrrole nitrogens is 1. The maximum absolute atomic E-state index is 12.5. The quantitative estimate of drug-likeness (QED) is 0.641. The van der Waals surface area contributed by atoms with E-state index in [4.69, 9.17) is 11.6 Å². The number of benzene rings is 1. The Balaban J connectivity index is 1.75. The van der Waals surface area contributed by atoms with Crippen molar-refractivity contribution in [3.05, 3.63) is 56.9 Å². The minimum atomic E-state index is -0.622. The van der Waals surface area contributed by atoms with Crippen LogP contribution in [-0.2, 0) is 4.79 Å². The molecule has 3 rings (SSSR count). The van der Waals surface area contributed by atoms with E-state index in [1.54, 1.807) is 37.5 Å². The number of aromatic amines is 1. The fourth-order valence-corrected chi connectivity index (χ4v) is 2.97. The summed E-state index contributed by atoms with van der Waals surface area (Å²) in [6.45, 7) is 0.334. The highest BCUT2D eigenvalue weighted by Crippen LogP contribution is 2.25. The summed E-state index contributed by atoms with van der Waals surface area (Å²) in [6, 6.07) is 6.53. The number of amides is 3. The van der Waals surface area contributed by atoms with E-state index in [0.29, 0.717) is 6.54 Å². The predicted molar refractivity (Wildman–Crippen MR) is 107 cm³/mol. The third kappa shape index (κ3) is 4.12. The molecule has 0 saturated heterocycles. The van der Waals surface area contributed by atoms with Gasteiger partial charge in [0.1, 0.15) is 11.4 Å². The van der Waals surface area contributed by atoms with Crippen molar-refractivity contribution in [3.8, 4) is 0 Å². The average molecular weight is 466 g/mol. The third-order valence-corrected chi connectivity index (χ3v) is 4.88. The number of anilines is 1. The maximum atomic E-state index is 12.5. The van der Waals surface area contributed by atoms with Crippen LogP contribution >= 0.6 is 27.5 Å². The van der Waals surface area contributed by atoms with Gasteiger partial charge in [-0.15, -0.1) is 0 Å². The van der Waals surface area contributed by atoms with E-state index in [2.05, 4.69) is 41.8 Å². The van der Waals surface area contributed by atoms with E-state index in [1.165, 1.54) is 11.1 Å². The lowest BCUT2D eigenvalue weighted by Crippen LogP contribution is -2.36. The number of nitrogens with zero attached hydrogens (tertiary/aromatic N) is 3. The molecule has 28 heavy (non-hydrogen) atoms. The number of rotatable bonds is 4. The maximum Gasteiger partial charge on any atom is 0.275 e. The summed E-state index contributed by atoms with van der Waals surface area (Å²) in [4.78, 5) is 42.4. The summed E-state index contributed by atoms with van der Waals surface area (Å²) < 4.78 is 0.226. The number of carbonyl (C=O) groups is 3. The summed E-state index contributed by atoms with van der Waals surface area (Å²) in [5.41, 5.74) is 0.309. The molecular formula is C17H14BrClN6O3. The van der Waals surface area contributed by atoms with Gasteiger partial charge in [0.25, 0.3) is 17.7 Å². The highest BCUT2D eigenvalue weighted by Gasteiger charge is 2.24. The van der Waals surface area contributed by atoms with Gasteiger partial charge in [0.15, 0.2) is 5.82 Å². The number of aromatic nitrogens is 2. The van der Waals surface area contributed by atoms with E-state index >= 15 is 0 Å². The van der Waals surface area contributed by atoms with E-state index < -0.39 is 11.8 Å². The zero-order valence-corrected chi connectivity index (χ0v) is 16.8. The molecule has 0 fully saturated rings. The number of likely N-dealkylation sites (N-methyl/N-ethyl adjacent to an activating group) is 1. The van der Waals surface area contributed by atoms with Gasteiger partial charge in [-0.25, -0.2) is 0 Å². The molecule has 0 saturated carbocycles. The van der Waals surface area contributed by atoms with Crippen molar-refractivity contribution in [2.75, 3.05) is 18.9 Å². The molecule has 3 amide bonds. The predicted octanol–water partition coefficient (Wildman–Crippen LogP) is 2.19. The van der Waals surface area contributed by atoms with Gasteiger partial charge >= 0.3 is 0 Å². The van der Waals surface area contributed by atoms with Gasteiger partial charge in [-0.1, -0.05) is 23.7 Å². The smallest absolute Gasteiger partial charge is 0.275 e. The molecule has 0 bridgehead atoms. The highest BCUT2D eigenvalue weighted by atomic mass is 79.9. The van der Waals surface area contributed by atoms with E-state index in [0.717, 1.165) is 0 Å². The average Bonchev–Trinajstić information content (AvgIpc) is 2.95. The summed E-state index contributed by atoms with van der Waals surface area (Å²) in [6.07, 6.45) is 2.82. The first-order chi connectivity index (χ1) is 13.4. The Morgan fingerprint density at radius 3 is 2.75 bits per heavy atom. The molecule has 2 aromatic rings. The number of hydrogen-bond acceptors (Lipinski definition) is 5. The molecule has 3 N–H and O–H groups in total. The second kappa shape index (κ2) is 8.36. The first-order valence-electron chi connectivity index (χ1n) is 7.97. The van der Waals surface area contributed by atoms with Gasteiger partial charge < -0.3 is 15.5 Å². The SMILES string of the molecule is CN1CC=NC=C(NC(=O)c2[nH]nc(NC(=O)c3ccccc3Cl)c2Br)C1=O. The summed E-state index contributed by atoms with van der Waals surface area (Å²) in [5.74, 6) is -1.38. The molecule has 2 heterocycles. The van der Waals surface area contributed by atoms with Gasteiger partial charge in [-0.2, -0.15) is 5.10 Å². The van der Waals surface area contributed by atoms with Crippen LogP contribution in [0.15, 0.2) is 45.6 Å². The molecule has 144 valence electrons. The third-order valence-electron chi connectivity index (χ3n) is 3.77. The second-order valence-electron chi connectivity index (χ2n) is 5.71. The zero-order valence-electron chi connectivity index (χ0n) is 14.5. The molecular weight excluding hydrogens is 452 g/mol. The van der Waals surface area contributed by atoms with Crippen molar-refractivity contribution in [2.24, 2.45) is 4.99 Å². The van der Waals surface area contributed by atoms with E-state index in [-0.39, 0.29) is 38.2 Å². The summed E-state index contributed by atoms with van der Waals surface area (Å²) in [7, 11) is 1.59. The minimum Gasteiger partial charge on any atom is -0.335 e. The first kappa shape index (κ1) is 19.8. The molecule has 11 heteroatoms. The largest absolute Gasteiger partial charge is 0.335 e. The Kier molecular flexibility index (Phi) is 5.90. The molecule has 0 atom stereocenters. The zero-order chi connectivity index (χ0) is 20.3. The van der Waals surface area contributed by atoms with Crippen molar-refractivity contribution in [3.63, 3.8) is 0 Å². The molecule has 9 nitrogen and oxygen atoms in total. The van der Waals surface area contributed by atoms with Crippen molar-refractivity contribution in [1.29, 1.82) is 0 Å². The molecule has 1 aliphatic rings. The van der Waals surface area contributed by atoms with Crippen LogP contribution in [0.1, 0.15) is 20.8 Å².